The summed E-state index contributed by atoms with van der Waals surface area (Å²) in [6, 6.07) is 13.6. The second-order valence-electron chi connectivity index (χ2n) is 9.76. The number of hydrogen-bond donors (Lipinski definition) is 2. The van der Waals surface area contributed by atoms with Crippen molar-refractivity contribution in [1.82, 2.24) is 20.2 Å². The van der Waals surface area contributed by atoms with Gasteiger partial charge in [-0.05, 0) is 53.5 Å². The number of piperidine rings is 1. The molecule has 3 N–H and O–H groups in total. The first-order chi connectivity index (χ1) is 17.2. The lowest BCUT2D eigenvalue weighted by molar-refractivity contribution is -0.137. The molecule has 0 saturated carbocycles. The minimum Gasteiger partial charge on any atom is -0.355 e. The first-order valence-electron chi connectivity index (χ1n) is 11.9. The van der Waals surface area contributed by atoms with Crippen LogP contribution in [0.15, 0.2) is 61.3 Å². The number of aromatic amines is 1. The summed E-state index contributed by atoms with van der Waals surface area (Å²) in [6.07, 6.45) is 0.187. The van der Waals surface area contributed by atoms with Crippen molar-refractivity contribution in [3.05, 3.63) is 89.3 Å². The van der Waals surface area contributed by atoms with Gasteiger partial charge >= 0.3 is 6.18 Å². The molecule has 36 heavy (non-hydrogen) atoms. The smallest absolute Gasteiger partial charge is 0.355 e. The van der Waals surface area contributed by atoms with Gasteiger partial charge in [0.25, 0.3) is 0 Å². The summed E-state index contributed by atoms with van der Waals surface area (Å²) >= 11 is 0. The van der Waals surface area contributed by atoms with E-state index in [2.05, 4.69) is 50.9 Å². The van der Waals surface area contributed by atoms with Crippen LogP contribution >= 0.6 is 0 Å². The van der Waals surface area contributed by atoms with Crippen LogP contribution in [0, 0.1) is 5.41 Å². The van der Waals surface area contributed by atoms with Crippen LogP contribution in [0.3, 0.4) is 0 Å². The largest absolute Gasteiger partial charge is 0.416 e. The number of anilines is 1. The molecule has 1 saturated heterocycles. The number of hydrogen-bond acceptors (Lipinski definition) is 5. The third-order valence-corrected chi connectivity index (χ3v) is 7.77. The lowest BCUT2D eigenvalue weighted by Crippen LogP contribution is -2.44. The van der Waals surface area contributed by atoms with Crippen LogP contribution in [-0.4, -0.2) is 33.3 Å². The lowest BCUT2D eigenvalue weighted by Gasteiger charge is -2.42. The highest BCUT2D eigenvalue weighted by molar-refractivity contribution is 5.90. The van der Waals surface area contributed by atoms with Gasteiger partial charge in [0.05, 0.1) is 17.5 Å². The van der Waals surface area contributed by atoms with Crippen molar-refractivity contribution in [1.29, 1.82) is 0 Å². The van der Waals surface area contributed by atoms with Crippen molar-refractivity contribution in [3.63, 3.8) is 0 Å². The van der Waals surface area contributed by atoms with Crippen LogP contribution in [0.2, 0.25) is 0 Å². The van der Waals surface area contributed by atoms with Gasteiger partial charge in [0.2, 0.25) is 5.65 Å². The molecular formula is C27H25F3N6. The van der Waals surface area contributed by atoms with E-state index in [4.69, 9.17) is 10.7 Å². The minimum atomic E-state index is -4.43. The fourth-order valence-corrected chi connectivity index (χ4v) is 5.66. The molecule has 1 atom stereocenters. The molecule has 2 aliphatic rings. The number of alkyl halides is 3. The Bertz CT molecular complexity index is 1470. The fraction of sp³-hybridized carbons (Fsp3) is 0.296. The monoisotopic (exact) mass is 490 g/mol. The van der Waals surface area contributed by atoms with Crippen molar-refractivity contribution in [2.75, 3.05) is 18.0 Å². The Morgan fingerprint density at radius 2 is 1.89 bits per heavy atom. The molecule has 6 rings (SSSR count). The molecule has 0 amide bonds. The van der Waals surface area contributed by atoms with Crippen LogP contribution in [0.25, 0.3) is 16.7 Å². The third-order valence-electron chi connectivity index (χ3n) is 7.77. The van der Waals surface area contributed by atoms with E-state index >= 15 is 0 Å². The quantitative estimate of drug-likeness (QED) is 0.409. The summed E-state index contributed by atoms with van der Waals surface area (Å²) in [5, 5.41) is 7.14. The Kier molecular flexibility index (Phi) is 5.15. The molecule has 9 heteroatoms. The highest BCUT2D eigenvalue weighted by atomic mass is 19.4. The Hall–Kier alpha value is -3.72. The van der Waals surface area contributed by atoms with Gasteiger partial charge in [0, 0.05) is 24.7 Å². The first kappa shape index (κ1) is 22.7. The number of nitrogens with zero attached hydrogens (tertiary/aromatic N) is 4. The predicted octanol–water partition coefficient (Wildman–Crippen LogP) is 5.28. The van der Waals surface area contributed by atoms with E-state index in [1.165, 1.54) is 17.2 Å². The van der Waals surface area contributed by atoms with Crippen LogP contribution in [0.5, 0.6) is 0 Å². The molecule has 2 aromatic heterocycles. The zero-order valence-corrected chi connectivity index (χ0v) is 19.5. The van der Waals surface area contributed by atoms with Gasteiger partial charge in [0.15, 0.2) is 0 Å². The summed E-state index contributed by atoms with van der Waals surface area (Å²) < 4.78 is 39.5. The maximum atomic E-state index is 13.2. The lowest BCUT2D eigenvalue weighted by atomic mass is 9.73. The highest BCUT2D eigenvalue weighted by Gasteiger charge is 2.46. The van der Waals surface area contributed by atoms with Crippen molar-refractivity contribution in [3.8, 4) is 0 Å². The number of H-pyrrole nitrogens is 1. The van der Waals surface area contributed by atoms with Gasteiger partial charge < -0.3 is 10.6 Å². The first-order valence-corrected chi connectivity index (χ1v) is 11.9. The van der Waals surface area contributed by atoms with Gasteiger partial charge in [0.1, 0.15) is 11.3 Å². The summed E-state index contributed by atoms with van der Waals surface area (Å²) in [5.41, 5.74) is 10.7. The summed E-state index contributed by atoms with van der Waals surface area (Å²) in [5.74, 6) is 0.726. The maximum Gasteiger partial charge on any atom is 0.416 e. The maximum absolute atomic E-state index is 13.2. The standard InChI is InChI=1S/C27H25F3N6/c1-16(17-6-4-7-19(13-17)27(28,29)30)22-23-25(35-34-22)33-21(15-32-23)36-11-9-26(10-12-36)14-18-5-2-3-8-20(18)24(26)31/h2-8,13,15,24H,1,9-12,14,31H2,(H,33,34,35)/t24-/m1/s1. The van der Waals surface area contributed by atoms with Crippen LogP contribution < -0.4 is 10.6 Å². The van der Waals surface area contributed by atoms with Crippen LogP contribution in [0.1, 0.15) is 46.8 Å². The zero-order valence-electron chi connectivity index (χ0n) is 19.5. The molecule has 1 spiro atoms. The normalized spacial score (nSPS) is 19.1. The third kappa shape index (κ3) is 3.65. The van der Waals surface area contributed by atoms with Gasteiger partial charge in [-0.2, -0.15) is 18.3 Å². The van der Waals surface area contributed by atoms with Crippen molar-refractivity contribution in [2.45, 2.75) is 31.5 Å². The van der Waals surface area contributed by atoms with Crippen molar-refractivity contribution in [2.24, 2.45) is 11.1 Å². The van der Waals surface area contributed by atoms with E-state index in [1.807, 2.05) is 0 Å². The molecule has 1 aliphatic carbocycles. The second kappa shape index (κ2) is 8.16. The molecule has 4 aromatic rings. The molecule has 3 heterocycles. The molecular weight excluding hydrogens is 465 g/mol. The SMILES string of the molecule is C=C(c1cccc(C(F)(F)F)c1)c1[nH]nc2nc(N3CCC4(CC3)Cc3ccccc3[C@H]4N)cnc12. The van der Waals surface area contributed by atoms with Crippen LogP contribution in [-0.2, 0) is 12.6 Å². The number of fused-ring (bicyclic) bond motifs is 2. The Balaban J connectivity index is 1.21. The molecule has 184 valence electrons. The van der Waals surface area contributed by atoms with Crippen molar-refractivity contribution < 1.29 is 13.2 Å². The van der Waals surface area contributed by atoms with E-state index in [-0.39, 0.29) is 11.5 Å². The molecule has 2 aromatic carbocycles. The van der Waals surface area contributed by atoms with Gasteiger partial charge in [-0.1, -0.05) is 43.0 Å². The van der Waals surface area contributed by atoms with E-state index in [0.717, 1.165) is 50.3 Å². The second-order valence-corrected chi connectivity index (χ2v) is 9.76. The minimum absolute atomic E-state index is 0.0418. The Labute approximate surface area is 206 Å². The Morgan fingerprint density at radius 3 is 2.64 bits per heavy atom. The van der Waals surface area contributed by atoms with Gasteiger partial charge in [-0.15, -0.1) is 0 Å². The Morgan fingerprint density at radius 1 is 1.11 bits per heavy atom. The predicted molar refractivity (Wildman–Crippen MR) is 132 cm³/mol. The van der Waals surface area contributed by atoms with E-state index in [0.29, 0.717) is 28.0 Å². The van der Waals surface area contributed by atoms with Gasteiger partial charge in [-0.3, -0.25) is 5.10 Å². The number of nitrogens with two attached hydrogens (primary N) is 1. The van der Waals surface area contributed by atoms with Crippen molar-refractivity contribution >= 4 is 22.6 Å². The molecule has 0 unspecified atom stereocenters. The summed E-state index contributed by atoms with van der Waals surface area (Å²) in [6.45, 7) is 5.62. The zero-order chi connectivity index (χ0) is 25.1. The van der Waals surface area contributed by atoms with E-state index < -0.39 is 11.7 Å². The molecule has 1 aliphatic heterocycles. The van der Waals surface area contributed by atoms with E-state index in [1.54, 1.807) is 12.3 Å². The number of halogens is 3. The average molecular weight is 491 g/mol. The average Bonchev–Trinajstić information content (AvgIpc) is 3.42. The molecule has 0 bridgehead atoms. The molecule has 6 nitrogen and oxygen atoms in total. The summed E-state index contributed by atoms with van der Waals surface area (Å²) in [4.78, 5) is 11.5. The molecule has 0 radical (unpaired) electrons. The number of nitrogens with one attached hydrogen (secondary N) is 1. The summed E-state index contributed by atoms with van der Waals surface area (Å²) in [7, 11) is 0. The number of aromatic nitrogens is 4. The molecule has 1 fully saturated rings. The van der Waals surface area contributed by atoms with E-state index in [9.17, 15) is 13.2 Å². The highest BCUT2D eigenvalue weighted by Crippen LogP contribution is 2.50. The fourth-order valence-electron chi connectivity index (χ4n) is 5.66. The van der Waals surface area contributed by atoms with Gasteiger partial charge in [-0.25, -0.2) is 9.97 Å². The topological polar surface area (TPSA) is 83.7 Å². The number of rotatable bonds is 3. The number of benzene rings is 2. The van der Waals surface area contributed by atoms with Crippen LogP contribution in [0.4, 0.5) is 19.0 Å².